The van der Waals surface area contributed by atoms with Gasteiger partial charge >= 0.3 is 6.18 Å². The van der Waals surface area contributed by atoms with Crippen molar-refractivity contribution in [3.05, 3.63) is 34.6 Å². The van der Waals surface area contributed by atoms with Gasteiger partial charge in [0.25, 0.3) is 0 Å². The van der Waals surface area contributed by atoms with E-state index >= 15 is 0 Å². The fourth-order valence-electron chi connectivity index (χ4n) is 1.20. The fourth-order valence-corrected chi connectivity index (χ4v) is 1.20. The van der Waals surface area contributed by atoms with Crippen LogP contribution in [0.15, 0.2) is 12.1 Å². The number of carbonyl (C=O) groups excluding carboxylic acids is 1. The highest BCUT2D eigenvalue weighted by Crippen LogP contribution is 2.33. The lowest BCUT2D eigenvalue weighted by Crippen LogP contribution is -2.11. The van der Waals surface area contributed by atoms with E-state index in [1.54, 1.807) is 0 Å². The van der Waals surface area contributed by atoms with E-state index in [2.05, 4.69) is 0 Å². The summed E-state index contributed by atoms with van der Waals surface area (Å²) in [6.45, 7) is 1.04. The lowest BCUT2D eigenvalue weighted by Gasteiger charge is -2.10. The van der Waals surface area contributed by atoms with Crippen molar-refractivity contribution in [1.29, 1.82) is 5.26 Å². The fraction of sp³-hybridized carbons (Fsp3) is 0.200. The van der Waals surface area contributed by atoms with Gasteiger partial charge in [0, 0.05) is 5.56 Å². The van der Waals surface area contributed by atoms with Crippen molar-refractivity contribution in [2.75, 3.05) is 0 Å². The largest absolute Gasteiger partial charge is 0.419 e. The zero-order chi connectivity index (χ0) is 12.5. The van der Waals surface area contributed by atoms with Crippen LogP contribution < -0.4 is 0 Å². The van der Waals surface area contributed by atoms with E-state index in [0.717, 1.165) is 13.0 Å². The Morgan fingerprint density at radius 3 is 2.31 bits per heavy atom. The van der Waals surface area contributed by atoms with Gasteiger partial charge < -0.3 is 0 Å². The summed E-state index contributed by atoms with van der Waals surface area (Å²) >= 11 is 0. The van der Waals surface area contributed by atoms with Crippen LogP contribution >= 0.6 is 0 Å². The summed E-state index contributed by atoms with van der Waals surface area (Å²) < 4.78 is 50.1. The average molecular weight is 231 g/mol. The average Bonchev–Trinajstić information content (AvgIpc) is 2.14. The van der Waals surface area contributed by atoms with Crippen molar-refractivity contribution in [3.63, 3.8) is 0 Å². The van der Waals surface area contributed by atoms with Gasteiger partial charge in [0.05, 0.1) is 11.1 Å². The van der Waals surface area contributed by atoms with Crippen molar-refractivity contribution < 1.29 is 22.4 Å². The van der Waals surface area contributed by atoms with Gasteiger partial charge in [-0.15, -0.1) is 0 Å². The van der Waals surface area contributed by atoms with Crippen molar-refractivity contribution in [2.24, 2.45) is 0 Å². The Morgan fingerprint density at radius 1 is 1.38 bits per heavy atom. The van der Waals surface area contributed by atoms with Crippen molar-refractivity contribution in [3.8, 4) is 6.07 Å². The Hall–Kier alpha value is -1.90. The molecule has 0 aliphatic carbocycles. The molecule has 0 unspecified atom stereocenters. The van der Waals surface area contributed by atoms with E-state index in [1.807, 2.05) is 0 Å². The number of halogens is 4. The Bertz CT molecular complexity index is 485. The van der Waals surface area contributed by atoms with Crippen LogP contribution in [0.2, 0.25) is 0 Å². The number of carbonyl (C=O) groups is 1. The second kappa shape index (κ2) is 3.93. The number of hydrogen-bond acceptors (Lipinski definition) is 2. The molecule has 0 aliphatic heterocycles. The number of ketones is 1. The van der Waals surface area contributed by atoms with Crippen LogP contribution in [-0.2, 0) is 6.18 Å². The molecule has 0 N–H and O–H groups in total. The number of hydrogen-bond donors (Lipinski definition) is 0. The minimum Gasteiger partial charge on any atom is -0.294 e. The number of rotatable bonds is 1. The first-order chi connectivity index (χ1) is 7.29. The highest BCUT2D eigenvalue weighted by atomic mass is 19.4. The first kappa shape index (κ1) is 12.2. The van der Waals surface area contributed by atoms with Gasteiger partial charge in [-0.2, -0.15) is 18.4 Å². The van der Waals surface area contributed by atoms with Crippen LogP contribution in [-0.4, -0.2) is 5.78 Å². The van der Waals surface area contributed by atoms with Gasteiger partial charge in [-0.3, -0.25) is 4.79 Å². The maximum absolute atomic E-state index is 13.3. The SMILES string of the molecule is CC(=O)c1ccc(C(F)(F)F)c(F)c1C#N. The number of nitriles is 1. The Kier molecular flexibility index (Phi) is 2.99. The number of Topliss-reactive ketones (excluding diaryl/α,β-unsaturated/α-hetero) is 1. The highest BCUT2D eigenvalue weighted by Gasteiger charge is 2.36. The number of alkyl halides is 3. The number of nitrogens with zero attached hydrogens (tertiary/aromatic N) is 1. The molecule has 0 spiro atoms. The molecule has 6 heteroatoms. The molecular formula is C10H5F4NO. The number of benzene rings is 1. The molecule has 84 valence electrons. The molecule has 0 bridgehead atoms. The maximum atomic E-state index is 13.3. The van der Waals surface area contributed by atoms with Gasteiger partial charge in [0.15, 0.2) is 11.6 Å². The van der Waals surface area contributed by atoms with Crippen molar-refractivity contribution >= 4 is 5.78 Å². The zero-order valence-electron chi connectivity index (χ0n) is 8.02. The molecule has 1 rings (SSSR count). The van der Waals surface area contributed by atoms with Gasteiger partial charge in [-0.1, -0.05) is 0 Å². The topological polar surface area (TPSA) is 40.9 Å². The molecule has 0 amide bonds. The van der Waals surface area contributed by atoms with E-state index in [1.165, 1.54) is 6.07 Å². The predicted molar refractivity (Wildman–Crippen MR) is 46.1 cm³/mol. The minimum atomic E-state index is -4.88. The van der Waals surface area contributed by atoms with Crippen LogP contribution in [0, 0.1) is 17.1 Å². The summed E-state index contributed by atoms with van der Waals surface area (Å²) in [7, 11) is 0. The monoisotopic (exact) mass is 231 g/mol. The zero-order valence-corrected chi connectivity index (χ0v) is 8.02. The van der Waals surface area contributed by atoms with Crippen LogP contribution in [0.25, 0.3) is 0 Å². The lowest BCUT2D eigenvalue weighted by atomic mass is 10.0. The van der Waals surface area contributed by atoms with E-state index < -0.39 is 28.9 Å². The third-order valence-corrected chi connectivity index (χ3v) is 1.94. The van der Waals surface area contributed by atoms with Crippen LogP contribution in [0.3, 0.4) is 0 Å². The van der Waals surface area contributed by atoms with E-state index in [0.29, 0.717) is 6.07 Å². The molecule has 1 aromatic carbocycles. The molecule has 16 heavy (non-hydrogen) atoms. The third kappa shape index (κ3) is 2.03. The third-order valence-electron chi connectivity index (χ3n) is 1.94. The molecule has 0 fully saturated rings. The van der Waals surface area contributed by atoms with Gasteiger partial charge in [0.1, 0.15) is 6.07 Å². The normalized spacial score (nSPS) is 11.0. The molecule has 0 aromatic heterocycles. The highest BCUT2D eigenvalue weighted by molar-refractivity contribution is 5.96. The van der Waals surface area contributed by atoms with E-state index in [-0.39, 0.29) is 5.56 Å². The van der Waals surface area contributed by atoms with Crippen LogP contribution in [0.1, 0.15) is 28.4 Å². The van der Waals surface area contributed by atoms with Crippen LogP contribution in [0.5, 0.6) is 0 Å². The van der Waals surface area contributed by atoms with Crippen LogP contribution in [0.4, 0.5) is 17.6 Å². The molecule has 0 radical (unpaired) electrons. The van der Waals surface area contributed by atoms with E-state index in [9.17, 15) is 22.4 Å². The second-order valence-electron chi connectivity index (χ2n) is 3.02. The first-order valence-corrected chi connectivity index (χ1v) is 4.09. The molecule has 0 saturated carbocycles. The Morgan fingerprint density at radius 2 is 1.94 bits per heavy atom. The van der Waals surface area contributed by atoms with Gasteiger partial charge in [0.2, 0.25) is 0 Å². The smallest absolute Gasteiger partial charge is 0.294 e. The molecule has 2 nitrogen and oxygen atoms in total. The molecule has 0 atom stereocenters. The minimum absolute atomic E-state index is 0.354. The maximum Gasteiger partial charge on any atom is 0.419 e. The summed E-state index contributed by atoms with van der Waals surface area (Å²) in [5.74, 6) is -2.37. The summed E-state index contributed by atoms with van der Waals surface area (Å²) in [6.07, 6.45) is -4.88. The molecule has 0 aliphatic rings. The molecule has 0 saturated heterocycles. The standard InChI is InChI=1S/C10H5F4NO/c1-5(16)6-2-3-8(10(12,13)14)9(11)7(6)4-15/h2-3H,1H3. The molecular weight excluding hydrogens is 226 g/mol. The summed E-state index contributed by atoms with van der Waals surface area (Å²) in [5.41, 5.74) is -2.77. The molecule has 0 heterocycles. The van der Waals surface area contributed by atoms with Crippen molar-refractivity contribution in [2.45, 2.75) is 13.1 Å². The lowest BCUT2D eigenvalue weighted by molar-refractivity contribution is -0.140. The quantitative estimate of drug-likeness (QED) is 0.550. The molecule has 1 aromatic rings. The Labute approximate surface area is 88.1 Å². The van der Waals surface area contributed by atoms with E-state index in [4.69, 9.17) is 5.26 Å². The predicted octanol–water partition coefficient (Wildman–Crippen LogP) is 2.92. The first-order valence-electron chi connectivity index (χ1n) is 4.09. The van der Waals surface area contributed by atoms with Crippen molar-refractivity contribution in [1.82, 2.24) is 0 Å². The Balaban J connectivity index is 3.55. The second-order valence-corrected chi connectivity index (χ2v) is 3.02. The summed E-state index contributed by atoms with van der Waals surface area (Å²) in [6, 6.07) is 2.51. The van der Waals surface area contributed by atoms with Gasteiger partial charge in [-0.05, 0) is 19.1 Å². The van der Waals surface area contributed by atoms with Gasteiger partial charge in [-0.25, -0.2) is 4.39 Å². The summed E-state index contributed by atoms with van der Waals surface area (Å²) in [5, 5.41) is 8.53. The summed E-state index contributed by atoms with van der Waals surface area (Å²) in [4.78, 5) is 10.9.